The summed E-state index contributed by atoms with van der Waals surface area (Å²) in [6.45, 7) is 5.69. The molecule has 0 aliphatic heterocycles. The molecule has 1 aromatic carbocycles. The third-order valence-corrected chi connectivity index (χ3v) is 3.80. The summed E-state index contributed by atoms with van der Waals surface area (Å²) in [7, 11) is 0. The topological polar surface area (TPSA) is 29.1 Å². The van der Waals surface area contributed by atoms with Gasteiger partial charge in [-0.25, -0.2) is 0 Å². The van der Waals surface area contributed by atoms with E-state index in [1.165, 1.54) is 0 Å². The van der Waals surface area contributed by atoms with Gasteiger partial charge >= 0.3 is 0 Å². The van der Waals surface area contributed by atoms with Crippen LogP contribution in [0.15, 0.2) is 24.3 Å². The van der Waals surface area contributed by atoms with Crippen LogP contribution in [0.1, 0.15) is 31.1 Å². The molecule has 0 aliphatic carbocycles. The summed E-state index contributed by atoms with van der Waals surface area (Å²) in [5, 5.41) is 2.79. The minimum atomic E-state index is -0.415. The molecule has 0 saturated heterocycles. The van der Waals surface area contributed by atoms with Gasteiger partial charge < -0.3 is 5.32 Å². The SMILES string of the molecule is CC(Cl)C(C)(C)NC(=O)c1ccc(I)cc1. The highest BCUT2D eigenvalue weighted by atomic mass is 127. The van der Waals surface area contributed by atoms with E-state index in [-0.39, 0.29) is 11.3 Å². The van der Waals surface area contributed by atoms with Crippen molar-refractivity contribution in [1.29, 1.82) is 0 Å². The lowest BCUT2D eigenvalue weighted by Crippen LogP contribution is -2.49. The lowest BCUT2D eigenvalue weighted by atomic mass is 10.0. The molecule has 0 aliphatic rings. The number of carbonyl (C=O) groups is 1. The van der Waals surface area contributed by atoms with Gasteiger partial charge in [-0.15, -0.1) is 11.6 Å². The van der Waals surface area contributed by atoms with Crippen LogP contribution in [0.4, 0.5) is 0 Å². The molecular formula is C12H15ClINO. The first-order valence-electron chi connectivity index (χ1n) is 5.05. The van der Waals surface area contributed by atoms with Crippen LogP contribution in [0, 0.1) is 3.57 Å². The average molecular weight is 352 g/mol. The fourth-order valence-electron chi connectivity index (χ4n) is 1.07. The zero-order valence-corrected chi connectivity index (χ0v) is 12.5. The molecule has 1 aromatic rings. The van der Waals surface area contributed by atoms with E-state index in [4.69, 9.17) is 11.6 Å². The quantitative estimate of drug-likeness (QED) is 0.656. The standard InChI is InChI=1S/C12H15ClINO/c1-8(13)12(2,3)15-11(16)9-4-6-10(14)7-5-9/h4-8H,1-3H3,(H,15,16). The van der Waals surface area contributed by atoms with Gasteiger partial charge in [-0.1, -0.05) is 0 Å². The second-order valence-corrected chi connectivity index (χ2v) is 6.20. The summed E-state index contributed by atoms with van der Waals surface area (Å²) < 4.78 is 1.11. The van der Waals surface area contributed by atoms with Crippen molar-refractivity contribution in [2.24, 2.45) is 0 Å². The Morgan fingerprint density at radius 2 is 1.88 bits per heavy atom. The second-order valence-electron chi connectivity index (χ2n) is 4.30. The van der Waals surface area contributed by atoms with Crippen LogP contribution in [0.25, 0.3) is 0 Å². The van der Waals surface area contributed by atoms with Crippen molar-refractivity contribution in [2.75, 3.05) is 0 Å². The van der Waals surface area contributed by atoms with Gasteiger partial charge in [-0.3, -0.25) is 4.79 Å². The molecule has 0 radical (unpaired) electrons. The predicted molar refractivity (Wildman–Crippen MR) is 76.0 cm³/mol. The van der Waals surface area contributed by atoms with E-state index in [9.17, 15) is 4.79 Å². The predicted octanol–water partition coefficient (Wildman–Crippen LogP) is 3.43. The monoisotopic (exact) mass is 351 g/mol. The second kappa shape index (κ2) is 5.36. The smallest absolute Gasteiger partial charge is 0.251 e. The summed E-state index contributed by atoms with van der Waals surface area (Å²) in [5.41, 5.74) is 0.243. The highest BCUT2D eigenvalue weighted by Gasteiger charge is 2.26. The Morgan fingerprint density at radius 3 is 2.31 bits per heavy atom. The molecule has 0 saturated carbocycles. The van der Waals surface area contributed by atoms with Gasteiger partial charge in [-0.05, 0) is 67.6 Å². The Hall–Kier alpha value is -0.290. The van der Waals surface area contributed by atoms with E-state index in [1.807, 2.05) is 45.0 Å². The average Bonchev–Trinajstić information content (AvgIpc) is 2.17. The van der Waals surface area contributed by atoms with Gasteiger partial charge in [0.05, 0.1) is 10.9 Å². The highest BCUT2D eigenvalue weighted by Crippen LogP contribution is 2.16. The molecule has 1 amide bonds. The molecule has 16 heavy (non-hydrogen) atoms. The van der Waals surface area contributed by atoms with Crippen LogP contribution in [-0.2, 0) is 0 Å². The van der Waals surface area contributed by atoms with E-state index in [1.54, 1.807) is 0 Å². The number of benzene rings is 1. The van der Waals surface area contributed by atoms with Crippen LogP contribution < -0.4 is 5.32 Å². The number of halogens is 2. The first-order valence-corrected chi connectivity index (χ1v) is 6.56. The number of rotatable bonds is 3. The Labute approximate surface area is 115 Å². The van der Waals surface area contributed by atoms with Gasteiger partial charge in [0, 0.05) is 9.13 Å². The van der Waals surface area contributed by atoms with Crippen LogP contribution >= 0.6 is 34.2 Å². The van der Waals surface area contributed by atoms with Crippen molar-refractivity contribution >= 4 is 40.1 Å². The fourth-order valence-corrected chi connectivity index (χ4v) is 1.48. The molecular weight excluding hydrogens is 336 g/mol. The Balaban J connectivity index is 2.77. The van der Waals surface area contributed by atoms with E-state index < -0.39 is 5.54 Å². The molecule has 1 N–H and O–H groups in total. The summed E-state index contributed by atoms with van der Waals surface area (Å²) in [4.78, 5) is 11.9. The van der Waals surface area contributed by atoms with E-state index in [0.717, 1.165) is 3.57 Å². The minimum absolute atomic E-state index is 0.0890. The first kappa shape index (κ1) is 13.8. The van der Waals surface area contributed by atoms with Crippen molar-refractivity contribution < 1.29 is 4.79 Å². The van der Waals surface area contributed by atoms with E-state index in [2.05, 4.69) is 27.9 Å². The highest BCUT2D eigenvalue weighted by molar-refractivity contribution is 14.1. The van der Waals surface area contributed by atoms with Crippen LogP contribution in [-0.4, -0.2) is 16.8 Å². The number of nitrogens with one attached hydrogen (secondary N) is 1. The van der Waals surface area contributed by atoms with E-state index >= 15 is 0 Å². The normalized spacial score (nSPS) is 13.3. The lowest BCUT2D eigenvalue weighted by Gasteiger charge is -2.28. The maximum atomic E-state index is 11.9. The number of carbonyl (C=O) groups excluding carboxylic acids is 1. The van der Waals surface area contributed by atoms with Gasteiger partial charge in [0.2, 0.25) is 0 Å². The number of alkyl halides is 1. The number of amides is 1. The third-order valence-electron chi connectivity index (χ3n) is 2.54. The van der Waals surface area contributed by atoms with Crippen molar-refractivity contribution in [3.8, 4) is 0 Å². The minimum Gasteiger partial charge on any atom is -0.346 e. The third kappa shape index (κ3) is 3.63. The largest absolute Gasteiger partial charge is 0.346 e. The Kier molecular flexibility index (Phi) is 4.62. The summed E-state index contributed by atoms with van der Waals surface area (Å²) in [6.07, 6.45) is 0. The fraction of sp³-hybridized carbons (Fsp3) is 0.417. The molecule has 1 rings (SSSR count). The van der Waals surface area contributed by atoms with Crippen molar-refractivity contribution in [2.45, 2.75) is 31.7 Å². The summed E-state index contributed by atoms with van der Waals surface area (Å²) in [6, 6.07) is 7.44. The Bertz CT molecular complexity index is 373. The summed E-state index contributed by atoms with van der Waals surface area (Å²) >= 11 is 8.22. The zero-order chi connectivity index (χ0) is 12.3. The first-order chi connectivity index (χ1) is 7.33. The molecule has 0 aromatic heterocycles. The maximum Gasteiger partial charge on any atom is 0.251 e. The molecule has 0 spiro atoms. The van der Waals surface area contributed by atoms with Gasteiger partial charge in [0.1, 0.15) is 0 Å². The molecule has 1 unspecified atom stereocenters. The lowest BCUT2D eigenvalue weighted by molar-refractivity contribution is 0.0912. The van der Waals surface area contributed by atoms with Crippen molar-refractivity contribution in [3.05, 3.63) is 33.4 Å². The zero-order valence-electron chi connectivity index (χ0n) is 9.55. The van der Waals surface area contributed by atoms with Crippen LogP contribution in [0.5, 0.6) is 0 Å². The van der Waals surface area contributed by atoms with Gasteiger partial charge in [-0.2, -0.15) is 0 Å². The molecule has 2 nitrogen and oxygen atoms in total. The molecule has 0 heterocycles. The molecule has 1 atom stereocenters. The van der Waals surface area contributed by atoms with Crippen molar-refractivity contribution in [3.63, 3.8) is 0 Å². The number of hydrogen-bond donors (Lipinski definition) is 1. The molecule has 0 fully saturated rings. The summed E-state index contributed by atoms with van der Waals surface area (Å²) in [5.74, 6) is -0.0890. The van der Waals surface area contributed by atoms with Crippen LogP contribution in [0.3, 0.4) is 0 Å². The van der Waals surface area contributed by atoms with Gasteiger partial charge in [0.25, 0.3) is 5.91 Å². The molecule has 88 valence electrons. The molecule has 0 bridgehead atoms. The Morgan fingerprint density at radius 1 is 1.38 bits per heavy atom. The van der Waals surface area contributed by atoms with E-state index in [0.29, 0.717) is 5.56 Å². The maximum absolute atomic E-state index is 11.9. The molecule has 4 heteroatoms. The van der Waals surface area contributed by atoms with Crippen LogP contribution in [0.2, 0.25) is 0 Å². The van der Waals surface area contributed by atoms with Gasteiger partial charge in [0.15, 0.2) is 0 Å². The van der Waals surface area contributed by atoms with Crippen molar-refractivity contribution in [1.82, 2.24) is 5.32 Å². The number of hydrogen-bond acceptors (Lipinski definition) is 1.